The van der Waals surface area contributed by atoms with E-state index in [1.807, 2.05) is 20.8 Å². The van der Waals surface area contributed by atoms with Gasteiger partial charge in [-0.2, -0.15) is 0 Å². The molecule has 0 radical (unpaired) electrons. The van der Waals surface area contributed by atoms with Crippen LogP contribution in [0.15, 0.2) is 46.2 Å². The Morgan fingerprint density at radius 1 is 1.04 bits per heavy atom. The van der Waals surface area contributed by atoms with E-state index in [-0.39, 0.29) is 39.8 Å². The Hall–Kier alpha value is -2.74. The van der Waals surface area contributed by atoms with Crippen LogP contribution in [-0.2, 0) is 14.6 Å². The topological polar surface area (TPSA) is 93.7 Å². The number of ether oxygens (including phenoxy) is 2. The van der Waals surface area contributed by atoms with Crippen LogP contribution >= 0.6 is 0 Å². The second-order valence-corrected chi connectivity index (χ2v) is 8.46. The summed E-state index contributed by atoms with van der Waals surface area (Å²) in [6.45, 7) is 5.57. The van der Waals surface area contributed by atoms with Crippen molar-refractivity contribution in [2.45, 2.75) is 36.6 Å². The van der Waals surface area contributed by atoms with Crippen molar-refractivity contribution in [3.05, 3.63) is 42.0 Å². The van der Waals surface area contributed by atoms with Crippen molar-refractivity contribution < 1.29 is 22.7 Å². The van der Waals surface area contributed by atoms with E-state index in [4.69, 9.17) is 9.47 Å². The van der Waals surface area contributed by atoms with Crippen molar-refractivity contribution in [1.82, 2.24) is 5.32 Å². The number of hydrogen-bond acceptors (Lipinski definition) is 6. The Morgan fingerprint density at radius 2 is 1.68 bits per heavy atom. The van der Waals surface area contributed by atoms with Crippen molar-refractivity contribution in [3.8, 4) is 11.5 Å². The summed E-state index contributed by atoms with van der Waals surface area (Å²) in [5, 5.41) is 5.70. The molecule has 152 valence electrons. The van der Waals surface area contributed by atoms with Crippen LogP contribution in [0.5, 0.6) is 11.5 Å². The highest BCUT2D eigenvalue weighted by atomic mass is 32.2. The molecule has 0 atom stereocenters. The van der Waals surface area contributed by atoms with Gasteiger partial charge in [-0.1, -0.05) is 17.7 Å². The van der Waals surface area contributed by atoms with Crippen LogP contribution in [0, 0.1) is 6.92 Å². The Kier molecular flexibility index (Phi) is 6.90. The molecule has 2 rings (SSSR count). The van der Waals surface area contributed by atoms with E-state index in [0.29, 0.717) is 5.69 Å². The van der Waals surface area contributed by atoms with Crippen molar-refractivity contribution in [1.29, 1.82) is 0 Å². The summed E-state index contributed by atoms with van der Waals surface area (Å²) in [7, 11) is -1.14. The van der Waals surface area contributed by atoms with Crippen LogP contribution in [-0.4, -0.2) is 41.1 Å². The lowest BCUT2D eigenvalue weighted by Gasteiger charge is -2.18. The molecule has 0 aliphatic rings. The third-order valence-corrected chi connectivity index (χ3v) is 5.81. The molecule has 0 bridgehead atoms. The highest BCUT2D eigenvalue weighted by molar-refractivity contribution is 7.91. The van der Waals surface area contributed by atoms with Crippen LogP contribution in [0.25, 0.3) is 0 Å². The van der Waals surface area contributed by atoms with Gasteiger partial charge in [-0.15, -0.1) is 0 Å². The van der Waals surface area contributed by atoms with Crippen LogP contribution in [0.2, 0.25) is 0 Å². The third kappa shape index (κ3) is 4.75. The molecule has 2 N–H and O–H groups in total. The molecule has 0 unspecified atom stereocenters. The van der Waals surface area contributed by atoms with Gasteiger partial charge in [-0.25, -0.2) is 8.42 Å². The summed E-state index contributed by atoms with van der Waals surface area (Å²) in [6, 6.07) is 9.69. The molecular weight excluding hydrogens is 380 g/mol. The molecule has 0 aliphatic heterocycles. The summed E-state index contributed by atoms with van der Waals surface area (Å²) < 4.78 is 37.2. The minimum atomic E-state index is -3.91. The van der Waals surface area contributed by atoms with E-state index in [2.05, 4.69) is 10.6 Å². The number of rotatable bonds is 8. The fourth-order valence-corrected chi connectivity index (χ4v) is 4.27. The van der Waals surface area contributed by atoms with Gasteiger partial charge in [-0.3, -0.25) is 4.79 Å². The van der Waals surface area contributed by atoms with Crippen LogP contribution in [0.1, 0.15) is 19.4 Å². The SMILES string of the molecule is COc1ccc(NCC(=O)NC(C)C)c(OC)c1S(=O)(=O)c1ccc(C)cc1. The van der Waals surface area contributed by atoms with Crippen LogP contribution in [0.4, 0.5) is 5.69 Å². The highest BCUT2D eigenvalue weighted by Gasteiger charge is 2.29. The quantitative estimate of drug-likeness (QED) is 0.700. The second-order valence-electron chi connectivity index (χ2n) is 6.57. The second kappa shape index (κ2) is 8.97. The van der Waals surface area contributed by atoms with Crippen LogP contribution in [0.3, 0.4) is 0 Å². The lowest BCUT2D eigenvalue weighted by molar-refractivity contribution is -0.119. The van der Waals surface area contributed by atoms with Crippen molar-refractivity contribution in [2.24, 2.45) is 0 Å². The molecular formula is C20H26N2O5S. The van der Waals surface area contributed by atoms with E-state index >= 15 is 0 Å². The zero-order valence-corrected chi connectivity index (χ0v) is 17.5. The highest BCUT2D eigenvalue weighted by Crippen LogP contribution is 2.42. The molecule has 8 heteroatoms. The number of hydrogen-bond donors (Lipinski definition) is 2. The van der Waals surface area contributed by atoms with E-state index < -0.39 is 9.84 Å². The number of nitrogens with one attached hydrogen (secondary N) is 2. The largest absolute Gasteiger partial charge is 0.495 e. The average molecular weight is 407 g/mol. The van der Waals surface area contributed by atoms with Gasteiger partial charge in [0.1, 0.15) is 5.75 Å². The normalized spacial score (nSPS) is 11.2. The number of amides is 1. The summed E-state index contributed by atoms with van der Waals surface area (Å²) in [4.78, 5) is 12.0. The molecule has 1 amide bonds. The van der Waals surface area contributed by atoms with Gasteiger partial charge in [0.2, 0.25) is 15.7 Å². The zero-order chi connectivity index (χ0) is 20.9. The summed E-state index contributed by atoms with van der Waals surface area (Å²) in [5.74, 6) is 0.0442. The Labute approximate surface area is 166 Å². The van der Waals surface area contributed by atoms with Crippen LogP contribution < -0.4 is 20.1 Å². The molecule has 0 saturated carbocycles. The number of carbonyl (C=O) groups excluding carboxylic acids is 1. The number of methoxy groups -OCH3 is 2. The molecule has 2 aromatic carbocycles. The molecule has 0 fully saturated rings. The molecule has 0 spiro atoms. The number of anilines is 1. The third-order valence-electron chi connectivity index (χ3n) is 3.99. The van der Waals surface area contributed by atoms with E-state index in [1.165, 1.54) is 20.3 Å². The predicted molar refractivity (Wildman–Crippen MR) is 108 cm³/mol. The maximum atomic E-state index is 13.3. The minimum Gasteiger partial charge on any atom is -0.495 e. The van der Waals surface area contributed by atoms with Crippen molar-refractivity contribution in [3.63, 3.8) is 0 Å². The fraction of sp³-hybridized carbons (Fsp3) is 0.350. The first-order valence-corrected chi connectivity index (χ1v) is 10.3. The van der Waals surface area contributed by atoms with Gasteiger partial charge >= 0.3 is 0 Å². The maximum absolute atomic E-state index is 13.3. The van der Waals surface area contributed by atoms with E-state index in [0.717, 1.165) is 5.56 Å². The summed E-state index contributed by atoms with van der Waals surface area (Å²) in [6.07, 6.45) is 0. The summed E-state index contributed by atoms with van der Waals surface area (Å²) in [5.41, 5.74) is 1.33. The summed E-state index contributed by atoms with van der Waals surface area (Å²) >= 11 is 0. The first-order valence-electron chi connectivity index (χ1n) is 8.80. The first kappa shape index (κ1) is 21.6. The predicted octanol–water partition coefficient (Wildman–Crippen LogP) is 2.78. The monoisotopic (exact) mass is 406 g/mol. The molecule has 0 aliphatic carbocycles. The lowest BCUT2D eigenvalue weighted by atomic mass is 10.2. The van der Waals surface area contributed by atoms with Crippen molar-refractivity contribution in [2.75, 3.05) is 26.1 Å². The van der Waals surface area contributed by atoms with Gasteiger partial charge < -0.3 is 20.1 Å². The molecule has 0 saturated heterocycles. The van der Waals surface area contributed by atoms with Gasteiger partial charge in [0.05, 0.1) is 31.3 Å². The van der Waals surface area contributed by atoms with Gasteiger partial charge in [0, 0.05) is 6.04 Å². The van der Waals surface area contributed by atoms with Gasteiger partial charge in [-0.05, 0) is 45.0 Å². The Morgan fingerprint density at radius 3 is 2.21 bits per heavy atom. The molecule has 0 aromatic heterocycles. The van der Waals surface area contributed by atoms with Gasteiger partial charge in [0.25, 0.3) is 0 Å². The molecule has 0 heterocycles. The first-order chi connectivity index (χ1) is 13.2. The molecule has 7 nitrogen and oxygen atoms in total. The Balaban J connectivity index is 2.50. The van der Waals surface area contributed by atoms with Gasteiger partial charge in [0.15, 0.2) is 10.6 Å². The lowest BCUT2D eigenvalue weighted by Crippen LogP contribution is -2.34. The smallest absolute Gasteiger partial charge is 0.239 e. The van der Waals surface area contributed by atoms with E-state index in [9.17, 15) is 13.2 Å². The molecule has 2 aromatic rings. The fourth-order valence-electron chi connectivity index (χ4n) is 2.69. The minimum absolute atomic E-state index is 0.00420. The zero-order valence-electron chi connectivity index (χ0n) is 16.7. The Bertz CT molecular complexity index is 938. The average Bonchev–Trinajstić information content (AvgIpc) is 2.65. The van der Waals surface area contributed by atoms with Crippen molar-refractivity contribution >= 4 is 21.4 Å². The number of aryl methyl sites for hydroxylation is 1. The number of sulfone groups is 1. The van der Waals surface area contributed by atoms with E-state index in [1.54, 1.807) is 30.3 Å². The standard InChI is InChI=1S/C20H26N2O5S/c1-13(2)22-18(23)12-21-16-10-11-17(26-4)20(19(16)27-5)28(24,25)15-8-6-14(3)7-9-15/h6-11,13,21H,12H2,1-5H3,(H,22,23). The maximum Gasteiger partial charge on any atom is 0.239 e. The number of carbonyl (C=O) groups is 1. The number of benzene rings is 2. The molecule has 28 heavy (non-hydrogen) atoms.